The first-order chi connectivity index (χ1) is 10.1. The fourth-order valence-corrected chi connectivity index (χ4v) is 3.29. The van der Waals surface area contributed by atoms with Gasteiger partial charge in [-0.2, -0.15) is 0 Å². The molecule has 0 unspecified atom stereocenters. The smallest absolute Gasteiger partial charge is 0.346 e. The minimum atomic E-state index is -1.03. The number of carboxylic acid groups (broad SMARTS) is 1. The van der Waals surface area contributed by atoms with Crippen molar-refractivity contribution >= 4 is 33.1 Å². The first-order valence-corrected chi connectivity index (χ1v) is 6.89. The molecule has 3 rings (SSSR count). The molecule has 5 nitrogen and oxygen atoms in total. The summed E-state index contributed by atoms with van der Waals surface area (Å²) < 4.78 is 0.719. The summed E-state index contributed by atoms with van der Waals surface area (Å²) in [5.41, 5.74) is 1.22. The molecule has 0 fully saturated rings. The van der Waals surface area contributed by atoms with Crippen molar-refractivity contribution in [3.63, 3.8) is 0 Å². The normalized spacial score (nSPS) is 10.7. The van der Waals surface area contributed by atoms with Gasteiger partial charge in [0.2, 0.25) is 0 Å². The van der Waals surface area contributed by atoms with Gasteiger partial charge >= 0.3 is 5.97 Å². The van der Waals surface area contributed by atoms with Crippen LogP contribution in [-0.2, 0) is 0 Å². The van der Waals surface area contributed by atoms with Gasteiger partial charge in [0.05, 0.1) is 4.92 Å². The van der Waals surface area contributed by atoms with Gasteiger partial charge in [0.25, 0.3) is 5.69 Å². The molecule has 0 atom stereocenters. The Kier molecular flexibility index (Phi) is 3.15. The molecule has 104 valence electrons. The second-order valence-corrected chi connectivity index (χ2v) is 5.47. The molecule has 0 saturated heterocycles. The molecule has 0 bridgehead atoms. The Hall–Kier alpha value is -2.73. The van der Waals surface area contributed by atoms with Gasteiger partial charge in [0.1, 0.15) is 4.88 Å². The van der Waals surface area contributed by atoms with Crippen LogP contribution in [-0.4, -0.2) is 16.0 Å². The summed E-state index contributed by atoms with van der Waals surface area (Å²) in [7, 11) is 0. The zero-order valence-corrected chi connectivity index (χ0v) is 11.5. The van der Waals surface area contributed by atoms with E-state index in [2.05, 4.69) is 0 Å². The van der Waals surface area contributed by atoms with Crippen molar-refractivity contribution in [2.24, 2.45) is 0 Å². The van der Waals surface area contributed by atoms with E-state index in [1.165, 1.54) is 12.1 Å². The van der Waals surface area contributed by atoms with Gasteiger partial charge < -0.3 is 5.11 Å². The third-order valence-electron chi connectivity index (χ3n) is 3.14. The molecule has 0 aliphatic carbocycles. The predicted molar refractivity (Wildman–Crippen MR) is 80.9 cm³/mol. The number of carboxylic acids is 1. The minimum absolute atomic E-state index is 0.0468. The molecule has 1 heterocycles. The minimum Gasteiger partial charge on any atom is -0.477 e. The number of hydrogen-bond acceptors (Lipinski definition) is 4. The molecule has 0 aliphatic rings. The average molecular weight is 299 g/mol. The lowest BCUT2D eigenvalue weighted by atomic mass is 10.0. The summed E-state index contributed by atoms with van der Waals surface area (Å²) in [5, 5.41) is 20.9. The second-order valence-electron chi connectivity index (χ2n) is 4.41. The quantitative estimate of drug-likeness (QED) is 0.581. The molecule has 3 aromatic rings. The molecule has 0 spiro atoms. The molecule has 1 aromatic heterocycles. The largest absolute Gasteiger partial charge is 0.477 e. The molecule has 2 aromatic carbocycles. The van der Waals surface area contributed by atoms with Crippen LogP contribution in [0.5, 0.6) is 0 Å². The number of hydrogen-bond donors (Lipinski definition) is 1. The van der Waals surface area contributed by atoms with E-state index in [4.69, 9.17) is 0 Å². The van der Waals surface area contributed by atoms with Crippen molar-refractivity contribution in [2.75, 3.05) is 0 Å². The first-order valence-electron chi connectivity index (χ1n) is 6.07. The molecule has 6 heteroatoms. The Labute approximate surface area is 123 Å². The lowest BCUT2D eigenvalue weighted by Gasteiger charge is -2.02. The van der Waals surface area contributed by atoms with E-state index in [0.29, 0.717) is 10.9 Å². The lowest BCUT2D eigenvalue weighted by Crippen LogP contribution is -1.94. The number of rotatable bonds is 3. The van der Waals surface area contributed by atoms with Crippen molar-refractivity contribution in [3.05, 3.63) is 63.5 Å². The summed E-state index contributed by atoms with van der Waals surface area (Å²) >= 11 is 1.13. The third-order valence-corrected chi connectivity index (χ3v) is 4.30. The third kappa shape index (κ3) is 2.25. The number of non-ortho nitro benzene ring substituents is 1. The number of nitro groups is 1. The highest BCUT2D eigenvalue weighted by Gasteiger charge is 2.20. The standard InChI is InChI=1S/C15H9NO4S/c17-15(18)14-13(9-4-2-1-3-5-9)11-8-10(16(19)20)6-7-12(11)21-14/h1-8H,(H,17,18). The summed E-state index contributed by atoms with van der Waals surface area (Å²) in [5.74, 6) is -1.03. The van der Waals surface area contributed by atoms with E-state index in [1.54, 1.807) is 18.2 Å². The first kappa shape index (κ1) is 13.3. The van der Waals surface area contributed by atoms with E-state index >= 15 is 0 Å². The van der Waals surface area contributed by atoms with Crippen molar-refractivity contribution in [1.82, 2.24) is 0 Å². The molecule has 21 heavy (non-hydrogen) atoms. The van der Waals surface area contributed by atoms with Gasteiger partial charge in [-0.05, 0) is 11.6 Å². The van der Waals surface area contributed by atoms with Gasteiger partial charge in [0, 0.05) is 27.8 Å². The number of carbonyl (C=O) groups is 1. The summed E-state index contributed by atoms with van der Waals surface area (Å²) in [6.07, 6.45) is 0. The number of thiophene rings is 1. The van der Waals surface area contributed by atoms with Crippen LogP contribution in [0.15, 0.2) is 48.5 Å². The van der Waals surface area contributed by atoms with Gasteiger partial charge in [-0.1, -0.05) is 30.3 Å². The van der Waals surface area contributed by atoms with Crippen LogP contribution < -0.4 is 0 Å². The maximum atomic E-state index is 11.5. The van der Waals surface area contributed by atoms with E-state index in [0.717, 1.165) is 21.6 Å². The maximum absolute atomic E-state index is 11.5. The molecular formula is C15H9NO4S. The van der Waals surface area contributed by atoms with Crippen molar-refractivity contribution in [1.29, 1.82) is 0 Å². The molecule has 0 radical (unpaired) electrons. The number of fused-ring (bicyclic) bond motifs is 1. The van der Waals surface area contributed by atoms with Crippen LogP contribution in [0, 0.1) is 10.1 Å². The molecular weight excluding hydrogens is 290 g/mol. The van der Waals surface area contributed by atoms with Crippen molar-refractivity contribution in [3.8, 4) is 11.1 Å². The summed E-state index contributed by atoms with van der Waals surface area (Å²) in [4.78, 5) is 22.1. The van der Waals surface area contributed by atoms with E-state index in [9.17, 15) is 20.0 Å². The van der Waals surface area contributed by atoms with Gasteiger partial charge in [-0.15, -0.1) is 11.3 Å². The highest BCUT2D eigenvalue weighted by Crippen LogP contribution is 2.40. The zero-order chi connectivity index (χ0) is 15.0. The monoisotopic (exact) mass is 299 g/mol. The Morgan fingerprint density at radius 2 is 1.86 bits per heavy atom. The Morgan fingerprint density at radius 1 is 1.14 bits per heavy atom. The number of benzene rings is 2. The number of nitrogens with zero attached hydrogens (tertiary/aromatic N) is 1. The Balaban J connectivity index is 2.37. The van der Waals surface area contributed by atoms with Crippen LogP contribution in [0.3, 0.4) is 0 Å². The Bertz CT molecular complexity index is 855. The van der Waals surface area contributed by atoms with Gasteiger partial charge in [-0.3, -0.25) is 10.1 Å². The van der Waals surface area contributed by atoms with E-state index in [1.807, 2.05) is 18.2 Å². The van der Waals surface area contributed by atoms with Crippen LogP contribution >= 0.6 is 11.3 Å². The van der Waals surface area contributed by atoms with Gasteiger partial charge in [0.15, 0.2) is 0 Å². The highest BCUT2D eigenvalue weighted by molar-refractivity contribution is 7.21. The zero-order valence-electron chi connectivity index (χ0n) is 10.6. The van der Waals surface area contributed by atoms with Gasteiger partial charge in [-0.25, -0.2) is 4.79 Å². The topological polar surface area (TPSA) is 80.4 Å². The predicted octanol–water partition coefficient (Wildman–Crippen LogP) is 4.17. The van der Waals surface area contributed by atoms with Crippen LogP contribution in [0.4, 0.5) is 5.69 Å². The highest BCUT2D eigenvalue weighted by atomic mass is 32.1. The van der Waals surface area contributed by atoms with Crippen molar-refractivity contribution in [2.45, 2.75) is 0 Å². The second kappa shape index (κ2) is 4.99. The van der Waals surface area contributed by atoms with Crippen molar-refractivity contribution < 1.29 is 14.8 Å². The van der Waals surface area contributed by atoms with E-state index < -0.39 is 10.9 Å². The number of nitro benzene ring substituents is 1. The lowest BCUT2D eigenvalue weighted by molar-refractivity contribution is -0.384. The van der Waals surface area contributed by atoms with Crippen LogP contribution in [0.25, 0.3) is 21.2 Å². The maximum Gasteiger partial charge on any atom is 0.346 e. The van der Waals surface area contributed by atoms with Crippen LogP contribution in [0.1, 0.15) is 9.67 Å². The average Bonchev–Trinajstić information content (AvgIpc) is 2.86. The number of aromatic carboxylic acids is 1. The van der Waals surface area contributed by atoms with E-state index in [-0.39, 0.29) is 10.6 Å². The molecule has 0 amide bonds. The molecule has 1 N–H and O–H groups in total. The Morgan fingerprint density at radius 3 is 2.48 bits per heavy atom. The SMILES string of the molecule is O=C(O)c1sc2ccc([N+](=O)[O-])cc2c1-c1ccccc1. The fraction of sp³-hybridized carbons (Fsp3) is 0. The summed E-state index contributed by atoms with van der Waals surface area (Å²) in [6.45, 7) is 0. The molecule has 0 saturated carbocycles. The fourth-order valence-electron chi connectivity index (χ4n) is 2.24. The molecule has 0 aliphatic heterocycles. The van der Waals surface area contributed by atoms with Crippen LogP contribution in [0.2, 0.25) is 0 Å². The summed E-state index contributed by atoms with van der Waals surface area (Å²) in [6, 6.07) is 13.5.